The molecule has 4 heteroatoms. The van der Waals surface area contributed by atoms with Crippen LogP contribution in [0.4, 0.5) is 0 Å². The van der Waals surface area contributed by atoms with Crippen molar-refractivity contribution in [2.24, 2.45) is 0 Å². The molecule has 0 saturated carbocycles. The maximum Gasteiger partial charge on any atom is 0.0973 e. The summed E-state index contributed by atoms with van der Waals surface area (Å²) in [7, 11) is 0. The van der Waals surface area contributed by atoms with Crippen molar-refractivity contribution in [1.29, 1.82) is 0 Å². The Labute approximate surface area is 357 Å². The van der Waals surface area contributed by atoms with Gasteiger partial charge in [-0.25, -0.2) is 9.97 Å². The Kier molecular flexibility index (Phi) is 7.57. The Hall–Kier alpha value is -8.34. The van der Waals surface area contributed by atoms with Crippen LogP contribution < -0.4 is 0 Å². The first kappa shape index (κ1) is 34.5. The minimum Gasteiger partial charge on any atom is -0.309 e. The van der Waals surface area contributed by atoms with E-state index in [1.807, 2.05) is 24.3 Å². The Balaban J connectivity index is 0.994. The molecule has 3 heterocycles. The first-order valence-corrected chi connectivity index (χ1v) is 21.1. The summed E-state index contributed by atoms with van der Waals surface area (Å²) in [6, 6.07) is 78.7. The molecule has 288 valence electrons. The first-order chi connectivity index (χ1) is 30.7. The second kappa shape index (κ2) is 13.6. The van der Waals surface area contributed by atoms with Crippen LogP contribution in [0.5, 0.6) is 0 Å². The van der Waals surface area contributed by atoms with E-state index in [-0.39, 0.29) is 0 Å². The minimum atomic E-state index is 0.865. The fourth-order valence-electron chi connectivity index (χ4n) is 9.69. The van der Waals surface area contributed by atoms with E-state index in [2.05, 4.69) is 203 Å². The van der Waals surface area contributed by atoms with Crippen LogP contribution in [0.1, 0.15) is 0 Å². The number of hydrogen-bond acceptors (Lipinski definition) is 2. The van der Waals surface area contributed by atoms with Crippen molar-refractivity contribution in [2.45, 2.75) is 0 Å². The average molecular weight is 789 g/mol. The fraction of sp³-hybridized carbons (Fsp3) is 0. The van der Waals surface area contributed by atoms with Crippen molar-refractivity contribution in [1.82, 2.24) is 19.1 Å². The fourth-order valence-corrected chi connectivity index (χ4v) is 9.69. The average Bonchev–Trinajstić information content (AvgIpc) is 3.84. The van der Waals surface area contributed by atoms with Gasteiger partial charge < -0.3 is 9.13 Å². The number of hydrogen-bond donors (Lipinski definition) is 0. The van der Waals surface area contributed by atoms with Crippen LogP contribution in [-0.4, -0.2) is 19.1 Å². The van der Waals surface area contributed by atoms with E-state index in [1.165, 1.54) is 65.4 Å². The molecule has 62 heavy (non-hydrogen) atoms. The van der Waals surface area contributed by atoms with Gasteiger partial charge in [0.15, 0.2) is 0 Å². The summed E-state index contributed by atoms with van der Waals surface area (Å²) in [4.78, 5) is 10.5. The SMILES string of the molecule is c1ccc(-c2ccc(-c3nc4ccccc4nc3-c3ccc4ccc(-n5c6ccc(-n7c8ccccc8c8ccccc87)cc6c6cc7ccccc7cc65)cc4c3)cc2)cc1. The molecule has 0 N–H and O–H groups in total. The standard InChI is InChI=1S/C58H36N4/c1-2-12-37(13-3-1)38-22-25-40(26-23-38)57-58(60-52-19-9-8-18-51(52)59-57)43-27-24-39-28-29-45(33-44(39)32-43)62-55-31-30-46(36-50(55)49-34-41-14-4-5-15-42(41)35-56(49)62)61-53-20-10-6-16-47(53)48-17-7-11-21-54(48)61/h1-36H. The largest absolute Gasteiger partial charge is 0.309 e. The second-order valence-electron chi connectivity index (χ2n) is 16.2. The third kappa shape index (κ3) is 5.40. The topological polar surface area (TPSA) is 35.6 Å². The molecule has 0 aliphatic carbocycles. The molecule has 4 nitrogen and oxygen atoms in total. The van der Waals surface area contributed by atoms with Gasteiger partial charge in [-0.05, 0) is 105 Å². The molecule has 0 aliphatic rings. The lowest BCUT2D eigenvalue weighted by Gasteiger charge is -2.13. The van der Waals surface area contributed by atoms with Gasteiger partial charge in [0.1, 0.15) is 0 Å². The molecule has 0 saturated heterocycles. The number of nitrogens with zero attached hydrogens (tertiary/aromatic N) is 4. The van der Waals surface area contributed by atoms with Crippen molar-refractivity contribution >= 4 is 76.2 Å². The summed E-state index contributed by atoms with van der Waals surface area (Å²) in [5.41, 5.74) is 14.9. The molecular weight excluding hydrogens is 753 g/mol. The van der Waals surface area contributed by atoms with Crippen LogP contribution in [0.3, 0.4) is 0 Å². The molecular formula is C58H36N4. The van der Waals surface area contributed by atoms with Crippen molar-refractivity contribution < 1.29 is 0 Å². The molecule has 0 radical (unpaired) electrons. The molecule has 13 aromatic rings. The van der Waals surface area contributed by atoms with Gasteiger partial charge in [-0.15, -0.1) is 0 Å². The zero-order chi connectivity index (χ0) is 40.7. The highest BCUT2D eigenvalue weighted by atomic mass is 15.0. The van der Waals surface area contributed by atoms with E-state index in [0.717, 1.165) is 55.8 Å². The molecule has 0 spiro atoms. The Morgan fingerprint density at radius 2 is 0.758 bits per heavy atom. The molecule has 0 aliphatic heterocycles. The highest BCUT2D eigenvalue weighted by Crippen LogP contribution is 2.40. The summed E-state index contributed by atoms with van der Waals surface area (Å²) in [6.45, 7) is 0. The predicted molar refractivity (Wildman–Crippen MR) is 260 cm³/mol. The summed E-state index contributed by atoms with van der Waals surface area (Å²) in [6.07, 6.45) is 0. The van der Waals surface area contributed by atoms with Crippen molar-refractivity contribution in [3.8, 4) is 45.0 Å². The second-order valence-corrected chi connectivity index (χ2v) is 16.2. The van der Waals surface area contributed by atoms with Crippen LogP contribution in [0.2, 0.25) is 0 Å². The van der Waals surface area contributed by atoms with Crippen molar-refractivity contribution in [3.63, 3.8) is 0 Å². The van der Waals surface area contributed by atoms with Crippen molar-refractivity contribution in [3.05, 3.63) is 218 Å². The summed E-state index contributed by atoms with van der Waals surface area (Å²) in [5.74, 6) is 0. The van der Waals surface area contributed by atoms with Gasteiger partial charge >= 0.3 is 0 Å². The van der Waals surface area contributed by atoms with E-state index in [4.69, 9.17) is 9.97 Å². The van der Waals surface area contributed by atoms with Gasteiger partial charge in [0.25, 0.3) is 0 Å². The monoisotopic (exact) mass is 788 g/mol. The van der Waals surface area contributed by atoms with Crippen LogP contribution in [-0.2, 0) is 0 Å². The molecule has 0 bridgehead atoms. The highest BCUT2D eigenvalue weighted by Gasteiger charge is 2.19. The number of rotatable bonds is 5. The van der Waals surface area contributed by atoms with Gasteiger partial charge in [0.2, 0.25) is 0 Å². The lowest BCUT2D eigenvalue weighted by molar-refractivity contribution is 1.17. The lowest BCUT2D eigenvalue weighted by atomic mass is 9.98. The maximum absolute atomic E-state index is 5.29. The van der Waals surface area contributed by atoms with E-state index < -0.39 is 0 Å². The Bertz CT molecular complexity index is 3860. The number of fused-ring (bicyclic) bond motifs is 9. The molecule has 0 fully saturated rings. The highest BCUT2D eigenvalue weighted by molar-refractivity contribution is 6.15. The molecule has 3 aromatic heterocycles. The minimum absolute atomic E-state index is 0.865. The molecule has 10 aromatic carbocycles. The third-order valence-electron chi connectivity index (χ3n) is 12.6. The smallest absolute Gasteiger partial charge is 0.0973 e. The predicted octanol–water partition coefficient (Wildman–Crippen LogP) is 15.1. The van der Waals surface area contributed by atoms with Crippen LogP contribution >= 0.6 is 0 Å². The summed E-state index contributed by atoms with van der Waals surface area (Å²) < 4.78 is 4.85. The van der Waals surface area contributed by atoms with Gasteiger partial charge in [-0.1, -0.05) is 146 Å². The van der Waals surface area contributed by atoms with Crippen LogP contribution in [0.15, 0.2) is 218 Å². The maximum atomic E-state index is 5.29. The van der Waals surface area contributed by atoms with E-state index in [9.17, 15) is 0 Å². The number of para-hydroxylation sites is 4. The third-order valence-corrected chi connectivity index (χ3v) is 12.6. The molecule has 13 rings (SSSR count). The van der Waals surface area contributed by atoms with Crippen LogP contribution in [0.25, 0.3) is 121 Å². The molecule has 0 unspecified atom stereocenters. The van der Waals surface area contributed by atoms with E-state index >= 15 is 0 Å². The molecule has 0 amide bonds. The number of benzene rings is 10. The zero-order valence-electron chi connectivity index (χ0n) is 33.6. The van der Waals surface area contributed by atoms with Gasteiger partial charge in [0.05, 0.1) is 44.5 Å². The number of aromatic nitrogens is 4. The Morgan fingerprint density at radius 3 is 1.50 bits per heavy atom. The van der Waals surface area contributed by atoms with Gasteiger partial charge in [0, 0.05) is 44.0 Å². The summed E-state index contributed by atoms with van der Waals surface area (Å²) in [5, 5.41) is 9.71. The van der Waals surface area contributed by atoms with E-state index in [0.29, 0.717) is 0 Å². The molecule has 0 atom stereocenters. The van der Waals surface area contributed by atoms with Crippen molar-refractivity contribution in [2.75, 3.05) is 0 Å². The summed E-state index contributed by atoms with van der Waals surface area (Å²) >= 11 is 0. The normalized spacial score (nSPS) is 11.9. The van der Waals surface area contributed by atoms with Crippen LogP contribution in [0, 0.1) is 0 Å². The van der Waals surface area contributed by atoms with E-state index in [1.54, 1.807) is 0 Å². The quantitative estimate of drug-likeness (QED) is 0.174. The lowest BCUT2D eigenvalue weighted by Crippen LogP contribution is -1.97. The Morgan fingerprint density at radius 1 is 0.258 bits per heavy atom. The zero-order valence-corrected chi connectivity index (χ0v) is 33.6. The first-order valence-electron chi connectivity index (χ1n) is 21.1. The van der Waals surface area contributed by atoms with Gasteiger partial charge in [-0.2, -0.15) is 0 Å². The van der Waals surface area contributed by atoms with Gasteiger partial charge in [-0.3, -0.25) is 0 Å².